The minimum atomic E-state index is -3.84. The van der Waals surface area contributed by atoms with Crippen LogP contribution in [-0.4, -0.2) is 50.0 Å². The van der Waals surface area contributed by atoms with E-state index in [0.29, 0.717) is 6.42 Å². The van der Waals surface area contributed by atoms with Crippen LogP contribution in [0.2, 0.25) is 0 Å². The van der Waals surface area contributed by atoms with E-state index in [1.165, 1.54) is 17.0 Å². The predicted octanol–water partition coefficient (Wildman–Crippen LogP) is 2.92. The second kappa shape index (κ2) is 11.1. The molecule has 0 bridgehead atoms. The van der Waals surface area contributed by atoms with Crippen LogP contribution in [0.4, 0.5) is 10.1 Å². The number of hydrogen-bond donors (Lipinski definition) is 1. The number of amides is 2. The second-order valence-electron chi connectivity index (χ2n) is 7.84. The van der Waals surface area contributed by atoms with Crippen LogP contribution in [0.3, 0.4) is 0 Å². The molecule has 32 heavy (non-hydrogen) atoms. The van der Waals surface area contributed by atoms with Crippen molar-refractivity contribution in [3.8, 4) is 0 Å². The lowest BCUT2D eigenvalue weighted by Gasteiger charge is -2.33. The Kier molecular flexibility index (Phi) is 8.77. The molecule has 0 heterocycles. The van der Waals surface area contributed by atoms with Gasteiger partial charge in [-0.25, -0.2) is 12.8 Å². The smallest absolute Gasteiger partial charge is 0.244 e. The van der Waals surface area contributed by atoms with Crippen molar-refractivity contribution in [2.45, 2.75) is 45.8 Å². The van der Waals surface area contributed by atoms with Gasteiger partial charge in [0.25, 0.3) is 0 Å². The number of nitrogens with one attached hydrogen (secondary N) is 1. The maximum atomic E-state index is 13.4. The molecular formula is C23H30FN3O4S. The number of anilines is 1. The van der Waals surface area contributed by atoms with Gasteiger partial charge in [-0.3, -0.25) is 13.9 Å². The molecule has 174 valence electrons. The van der Waals surface area contributed by atoms with Crippen LogP contribution in [0.25, 0.3) is 0 Å². The van der Waals surface area contributed by atoms with Crippen LogP contribution in [0.1, 0.15) is 32.8 Å². The highest BCUT2D eigenvalue weighted by Gasteiger charge is 2.31. The molecule has 1 atom stereocenters. The van der Waals surface area contributed by atoms with Gasteiger partial charge in [0, 0.05) is 12.6 Å². The van der Waals surface area contributed by atoms with Crippen LogP contribution in [0.15, 0.2) is 54.6 Å². The average Bonchev–Trinajstić information content (AvgIpc) is 2.72. The lowest BCUT2D eigenvalue weighted by molar-refractivity contribution is -0.140. The van der Waals surface area contributed by atoms with Crippen molar-refractivity contribution in [1.29, 1.82) is 0 Å². The van der Waals surface area contributed by atoms with Gasteiger partial charge in [0.15, 0.2) is 0 Å². The Morgan fingerprint density at radius 2 is 1.62 bits per heavy atom. The van der Waals surface area contributed by atoms with Gasteiger partial charge in [-0.2, -0.15) is 0 Å². The zero-order chi connectivity index (χ0) is 23.9. The van der Waals surface area contributed by atoms with E-state index in [0.717, 1.165) is 28.3 Å². The van der Waals surface area contributed by atoms with Gasteiger partial charge in [0.05, 0.1) is 11.9 Å². The summed E-state index contributed by atoms with van der Waals surface area (Å²) in [4.78, 5) is 27.6. The van der Waals surface area contributed by atoms with Gasteiger partial charge < -0.3 is 10.2 Å². The van der Waals surface area contributed by atoms with Crippen molar-refractivity contribution in [1.82, 2.24) is 10.2 Å². The first-order valence-corrected chi connectivity index (χ1v) is 12.2. The minimum Gasteiger partial charge on any atom is -0.352 e. The SMILES string of the molecule is CCC(C(=O)NC(C)C)N(Cc1ccccc1)C(=O)CN(c1ccc(F)cc1)S(C)(=O)=O. The number of rotatable bonds is 10. The summed E-state index contributed by atoms with van der Waals surface area (Å²) in [6.07, 6.45) is 1.33. The highest BCUT2D eigenvalue weighted by molar-refractivity contribution is 7.92. The number of carbonyl (C=O) groups is 2. The van der Waals surface area contributed by atoms with Crippen molar-refractivity contribution in [2.24, 2.45) is 0 Å². The van der Waals surface area contributed by atoms with Crippen LogP contribution in [0, 0.1) is 5.82 Å². The lowest BCUT2D eigenvalue weighted by Crippen LogP contribution is -2.53. The number of sulfonamides is 1. The molecule has 0 radical (unpaired) electrons. The molecule has 7 nitrogen and oxygen atoms in total. The van der Waals surface area contributed by atoms with Gasteiger partial charge in [0.2, 0.25) is 21.8 Å². The first-order chi connectivity index (χ1) is 15.0. The topological polar surface area (TPSA) is 86.8 Å². The summed E-state index contributed by atoms with van der Waals surface area (Å²) < 4.78 is 39.1. The summed E-state index contributed by atoms with van der Waals surface area (Å²) >= 11 is 0. The van der Waals surface area contributed by atoms with Gasteiger partial charge in [-0.05, 0) is 50.1 Å². The van der Waals surface area contributed by atoms with Gasteiger partial charge in [-0.15, -0.1) is 0 Å². The summed E-state index contributed by atoms with van der Waals surface area (Å²) in [7, 11) is -3.84. The molecule has 0 saturated carbocycles. The number of carbonyl (C=O) groups excluding carboxylic acids is 2. The average molecular weight is 464 g/mol. The molecule has 0 fully saturated rings. The monoisotopic (exact) mass is 463 g/mol. The van der Waals surface area contributed by atoms with E-state index in [9.17, 15) is 22.4 Å². The van der Waals surface area contributed by atoms with Crippen molar-refractivity contribution >= 4 is 27.5 Å². The molecule has 1 unspecified atom stereocenters. The third-order valence-corrected chi connectivity index (χ3v) is 5.95. The Bertz CT molecular complexity index is 1010. The summed E-state index contributed by atoms with van der Waals surface area (Å²) in [5.74, 6) is -1.36. The molecule has 9 heteroatoms. The Balaban J connectivity index is 2.40. The van der Waals surface area contributed by atoms with Crippen LogP contribution < -0.4 is 9.62 Å². The molecule has 0 spiro atoms. The molecule has 2 aromatic rings. The Labute approximate surface area is 189 Å². The molecule has 0 aromatic heterocycles. The third kappa shape index (κ3) is 7.05. The van der Waals surface area contributed by atoms with Crippen LogP contribution >= 0.6 is 0 Å². The fourth-order valence-electron chi connectivity index (χ4n) is 3.30. The molecule has 0 saturated heterocycles. The highest BCUT2D eigenvalue weighted by atomic mass is 32.2. The maximum Gasteiger partial charge on any atom is 0.244 e. The summed E-state index contributed by atoms with van der Waals surface area (Å²) in [6.45, 7) is 5.08. The molecule has 0 aliphatic heterocycles. The fraction of sp³-hybridized carbons (Fsp3) is 0.391. The quantitative estimate of drug-likeness (QED) is 0.587. The lowest BCUT2D eigenvalue weighted by atomic mass is 10.1. The normalized spacial score (nSPS) is 12.3. The van der Waals surface area contributed by atoms with E-state index >= 15 is 0 Å². The first kappa shape index (κ1) is 25.3. The highest BCUT2D eigenvalue weighted by Crippen LogP contribution is 2.20. The fourth-order valence-corrected chi connectivity index (χ4v) is 4.15. The zero-order valence-corrected chi connectivity index (χ0v) is 19.6. The van der Waals surface area contributed by atoms with Crippen molar-refractivity contribution in [3.63, 3.8) is 0 Å². The van der Waals surface area contributed by atoms with Gasteiger partial charge in [-0.1, -0.05) is 37.3 Å². The Hall–Kier alpha value is -2.94. The first-order valence-electron chi connectivity index (χ1n) is 10.4. The van der Waals surface area contributed by atoms with Crippen molar-refractivity contribution in [2.75, 3.05) is 17.1 Å². The maximum absolute atomic E-state index is 13.4. The van der Waals surface area contributed by atoms with Crippen LogP contribution in [-0.2, 0) is 26.2 Å². The van der Waals surface area contributed by atoms with Crippen LogP contribution in [0.5, 0.6) is 0 Å². The van der Waals surface area contributed by atoms with E-state index in [-0.39, 0.29) is 24.2 Å². The Morgan fingerprint density at radius 1 is 1.03 bits per heavy atom. The van der Waals surface area contributed by atoms with Gasteiger partial charge >= 0.3 is 0 Å². The summed E-state index contributed by atoms with van der Waals surface area (Å²) in [5, 5.41) is 2.83. The van der Waals surface area contributed by atoms with E-state index in [1.807, 2.05) is 44.2 Å². The van der Waals surface area contributed by atoms with E-state index < -0.39 is 34.3 Å². The molecule has 2 amide bonds. The number of halogens is 1. The molecule has 0 aliphatic rings. The number of hydrogen-bond acceptors (Lipinski definition) is 4. The van der Waals surface area contributed by atoms with Gasteiger partial charge in [0.1, 0.15) is 18.4 Å². The summed E-state index contributed by atoms with van der Waals surface area (Å²) in [5.41, 5.74) is 0.978. The van der Waals surface area contributed by atoms with Crippen molar-refractivity contribution in [3.05, 3.63) is 66.0 Å². The van der Waals surface area contributed by atoms with E-state index in [4.69, 9.17) is 0 Å². The standard InChI is InChI=1S/C23H30FN3O4S/c1-5-21(23(29)25-17(2)3)26(15-18-9-7-6-8-10-18)22(28)16-27(32(4,30)31)20-13-11-19(24)12-14-20/h6-14,17,21H,5,15-16H2,1-4H3,(H,25,29). The van der Waals surface area contributed by atoms with Crippen molar-refractivity contribution < 1.29 is 22.4 Å². The second-order valence-corrected chi connectivity index (χ2v) is 9.75. The van der Waals surface area contributed by atoms with E-state index in [2.05, 4.69) is 5.32 Å². The zero-order valence-electron chi connectivity index (χ0n) is 18.8. The Morgan fingerprint density at radius 3 is 2.12 bits per heavy atom. The molecule has 2 aromatic carbocycles. The van der Waals surface area contributed by atoms with E-state index in [1.54, 1.807) is 6.92 Å². The third-order valence-electron chi connectivity index (χ3n) is 4.81. The molecule has 1 N–H and O–H groups in total. The number of nitrogens with zero attached hydrogens (tertiary/aromatic N) is 2. The largest absolute Gasteiger partial charge is 0.352 e. The molecule has 0 aliphatic carbocycles. The number of benzene rings is 2. The molecule has 2 rings (SSSR count). The predicted molar refractivity (Wildman–Crippen MR) is 123 cm³/mol. The molecular weight excluding hydrogens is 433 g/mol. The minimum absolute atomic E-state index is 0.114. The summed E-state index contributed by atoms with van der Waals surface area (Å²) in [6, 6.07) is 13.1.